The summed E-state index contributed by atoms with van der Waals surface area (Å²) in [5, 5.41) is 6.07. The van der Waals surface area contributed by atoms with Crippen LogP contribution in [-0.2, 0) is 15.0 Å². The molecule has 0 spiro atoms. The van der Waals surface area contributed by atoms with Crippen molar-refractivity contribution in [2.45, 2.75) is 69.9 Å². The molecule has 1 aromatic carbocycles. The van der Waals surface area contributed by atoms with E-state index in [1.165, 1.54) is 24.8 Å². The molecule has 2 amide bonds. The number of carbonyl (C=O) groups is 2. The summed E-state index contributed by atoms with van der Waals surface area (Å²) in [6.45, 7) is 6.28. The van der Waals surface area contributed by atoms with Gasteiger partial charge in [-0.15, -0.1) is 0 Å². The minimum Gasteiger partial charge on any atom is -0.355 e. The van der Waals surface area contributed by atoms with Crippen molar-refractivity contribution in [1.82, 2.24) is 15.5 Å². The third-order valence-corrected chi connectivity index (χ3v) is 6.24. The minimum atomic E-state index is -0.363. The van der Waals surface area contributed by atoms with Crippen molar-refractivity contribution in [3.8, 4) is 0 Å². The summed E-state index contributed by atoms with van der Waals surface area (Å²) in [6.07, 6.45) is 6.13. The van der Waals surface area contributed by atoms with Crippen molar-refractivity contribution in [3.63, 3.8) is 0 Å². The van der Waals surface area contributed by atoms with Crippen LogP contribution in [-0.4, -0.2) is 48.4 Å². The van der Waals surface area contributed by atoms with Crippen LogP contribution in [0, 0.1) is 0 Å². The van der Waals surface area contributed by atoms with Gasteiger partial charge in [-0.2, -0.15) is 0 Å². The smallest absolute Gasteiger partial charge is 0.237 e. The van der Waals surface area contributed by atoms with Gasteiger partial charge in [0.1, 0.15) is 0 Å². The molecule has 27 heavy (non-hydrogen) atoms. The van der Waals surface area contributed by atoms with Gasteiger partial charge in [0.2, 0.25) is 11.8 Å². The number of piperazine rings is 1. The van der Waals surface area contributed by atoms with Gasteiger partial charge in [-0.3, -0.25) is 14.5 Å². The first-order valence-corrected chi connectivity index (χ1v) is 10.4. The van der Waals surface area contributed by atoms with E-state index in [1.54, 1.807) is 0 Å². The lowest BCUT2D eigenvalue weighted by Crippen LogP contribution is -2.58. The SMILES string of the molecule is CC(C)N1CCNC(=O)C1CC(=O)NCC1(c2ccccc2)CCCCC1. The fourth-order valence-electron chi connectivity index (χ4n) is 4.66. The Balaban J connectivity index is 1.65. The molecule has 0 radical (unpaired) electrons. The van der Waals surface area contributed by atoms with Crippen molar-refractivity contribution in [3.05, 3.63) is 35.9 Å². The second-order valence-electron chi connectivity index (χ2n) is 8.33. The predicted molar refractivity (Wildman–Crippen MR) is 107 cm³/mol. The molecule has 1 aliphatic carbocycles. The third-order valence-electron chi connectivity index (χ3n) is 6.24. The molecular weight excluding hydrogens is 338 g/mol. The molecule has 2 fully saturated rings. The van der Waals surface area contributed by atoms with Crippen LogP contribution in [0.1, 0.15) is 57.9 Å². The molecule has 1 unspecified atom stereocenters. The van der Waals surface area contributed by atoms with E-state index < -0.39 is 0 Å². The minimum absolute atomic E-state index is 0.0245. The summed E-state index contributed by atoms with van der Waals surface area (Å²) < 4.78 is 0. The number of hydrogen-bond donors (Lipinski definition) is 2. The number of carbonyl (C=O) groups excluding carboxylic acids is 2. The van der Waals surface area contributed by atoms with Crippen LogP contribution in [0.5, 0.6) is 0 Å². The first-order valence-electron chi connectivity index (χ1n) is 10.4. The molecule has 1 saturated heterocycles. The maximum atomic E-state index is 12.7. The quantitative estimate of drug-likeness (QED) is 0.808. The highest BCUT2D eigenvalue weighted by Gasteiger charge is 2.36. The summed E-state index contributed by atoms with van der Waals surface area (Å²) in [6, 6.07) is 10.5. The van der Waals surface area contributed by atoms with E-state index in [0.717, 1.165) is 19.4 Å². The molecule has 1 atom stereocenters. The molecule has 1 aliphatic heterocycles. The summed E-state index contributed by atoms with van der Waals surface area (Å²) in [5.41, 5.74) is 1.35. The Labute approximate surface area is 162 Å². The topological polar surface area (TPSA) is 61.4 Å². The third kappa shape index (κ3) is 4.70. The molecule has 1 heterocycles. The van der Waals surface area contributed by atoms with Crippen LogP contribution < -0.4 is 10.6 Å². The first-order chi connectivity index (χ1) is 13.0. The largest absolute Gasteiger partial charge is 0.355 e. The maximum Gasteiger partial charge on any atom is 0.237 e. The van der Waals surface area contributed by atoms with Crippen molar-refractivity contribution >= 4 is 11.8 Å². The van der Waals surface area contributed by atoms with Gasteiger partial charge in [-0.05, 0) is 32.3 Å². The Morgan fingerprint density at radius 1 is 1.22 bits per heavy atom. The van der Waals surface area contributed by atoms with E-state index in [9.17, 15) is 9.59 Å². The van der Waals surface area contributed by atoms with Crippen LogP contribution in [0.3, 0.4) is 0 Å². The van der Waals surface area contributed by atoms with E-state index in [0.29, 0.717) is 13.1 Å². The fourth-order valence-corrected chi connectivity index (χ4v) is 4.66. The van der Waals surface area contributed by atoms with E-state index >= 15 is 0 Å². The van der Waals surface area contributed by atoms with Crippen molar-refractivity contribution in [2.24, 2.45) is 0 Å². The Hall–Kier alpha value is -1.88. The summed E-state index contributed by atoms with van der Waals surface area (Å²) in [4.78, 5) is 27.2. The van der Waals surface area contributed by atoms with Crippen LogP contribution >= 0.6 is 0 Å². The first kappa shape index (κ1) is 19.9. The molecule has 0 aromatic heterocycles. The number of benzene rings is 1. The fraction of sp³-hybridized carbons (Fsp3) is 0.636. The van der Waals surface area contributed by atoms with Gasteiger partial charge in [0.05, 0.1) is 12.5 Å². The zero-order valence-electron chi connectivity index (χ0n) is 16.7. The molecule has 1 saturated carbocycles. The number of nitrogens with one attached hydrogen (secondary N) is 2. The molecular formula is C22H33N3O2. The van der Waals surface area contributed by atoms with Crippen molar-refractivity contribution in [2.75, 3.05) is 19.6 Å². The maximum absolute atomic E-state index is 12.7. The molecule has 3 rings (SSSR count). The predicted octanol–water partition coefficient (Wildman–Crippen LogP) is 2.60. The number of nitrogens with zero attached hydrogens (tertiary/aromatic N) is 1. The van der Waals surface area contributed by atoms with Crippen molar-refractivity contribution < 1.29 is 9.59 Å². The molecule has 2 aliphatic rings. The lowest BCUT2D eigenvalue weighted by molar-refractivity contribution is -0.135. The number of amides is 2. The lowest BCUT2D eigenvalue weighted by atomic mass is 9.69. The van der Waals surface area contributed by atoms with Crippen LogP contribution in [0.15, 0.2) is 30.3 Å². The standard InChI is InChI=1S/C22H33N3O2/c1-17(2)25-14-13-23-21(27)19(25)15-20(26)24-16-22(11-7-4-8-12-22)18-9-5-3-6-10-18/h3,5-6,9-10,17,19H,4,7-8,11-16H2,1-2H3,(H,23,27)(H,24,26). The normalized spacial score (nSPS) is 23.1. The Morgan fingerprint density at radius 3 is 2.59 bits per heavy atom. The lowest BCUT2D eigenvalue weighted by Gasteiger charge is -2.39. The molecule has 148 valence electrons. The molecule has 5 nitrogen and oxygen atoms in total. The van der Waals surface area contributed by atoms with E-state index in [2.05, 4.69) is 53.6 Å². The number of hydrogen-bond acceptors (Lipinski definition) is 3. The summed E-state index contributed by atoms with van der Waals surface area (Å²) in [5.74, 6) is -0.0517. The van der Waals surface area contributed by atoms with Gasteiger partial charge >= 0.3 is 0 Å². The van der Waals surface area contributed by atoms with Gasteiger partial charge in [0, 0.05) is 31.1 Å². The summed E-state index contributed by atoms with van der Waals surface area (Å²) >= 11 is 0. The van der Waals surface area contributed by atoms with Crippen LogP contribution in [0.4, 0.5) is 0 Å². The highest BCUT2D eigenvalue weighted by atomic mass is 16.2. The average molecular weight is 372 g/mol. The van der Waals surface area contributed by atoms with Gasteiger partial charge in [-0.1, -0.05) is 49.6 Å². The Bertz CT molecular complexity index is 638. The number of rotatable bonds is 6. The van der Waals surface area contributed by atoms with Crippen LogP contribution in [0.25, 0.3) is 0 Å². The zero-order valence-corrected chi connectivity index (χ0v) is 16.7. The average Bonchev–Trinajstić information content (AvgIpc) is 2.69. The van der Waals surface area contributed by atoms with E-state index in [-0.39, 0.29) is 35.7 Å². The Kier molecular flexibility index (Phi) is 6.53. The zero-order chi connectivity index (χ0) is 19.3. The molecule has 1 aromatic rings. The molecule has 2 N–H and O–H groups in total. The Morgan fingerprint density at radius 2 is 1.93 bits per heavy atom. The van der Waals surface area contributed by atoms with Crippen LogP contribution in [0.2, 0.25) is 0 Å². The van der Waals surface area contributed by atoms with E-state index in [1.807, 2.05) is 6.07 Å². The summed E-state index contributed by atoms with van der Waals surface area (Å²) in [7, 11) is 0. The highest BCUT2D eigenvalue weighted by Crippen LogP contribution is 2.38. The molecule has 0 bridgehead atoms. The van der Waals surface area contributed by atoms with Gasteiger partial charge in [0.25, 0.3) is 0 Å². The van der Waals surface area contributed by atoms with Gasteiger partial charge in [-0.25, -0.2) is 0 Å². The van der Waals surface area contributed by atoms with Crippen molar-refractivity contribution in [1.29, 1.82) is 0 Å². The van der Waals surface area contributed by atoms with E-state index in [4.69, 9.17) is 0 Å². The second kappa shape index (κ2) is 8.87. The van der Waals surface area contributed by atoms with Gasteiger partial charge < -0.3 is 10.6 Å². The van der Waals surface area contributed by atoms with Gasteiger partial charge in [0.15, 0.2) is 0 Å². The second-order valence-corrected chi connectivity index (χ2v) is 8.33. The monoisotopic (exact) mass is 371 g/mol. The highest BCUT2D eigenvalue weighted by molar-refractivity contribution is 5.88. The molecule has 5 heteroatoms.